The second-order valence-electron chi connectivity index (χ2n) is 1.75. The minimum absolute atomic E-state index is 0.361. The Morgan fingerprint density at radius 1 is 2.00 bits per heavy atom. The van der Waals surface area contributed by atoms with E-state index in [-0.39, 0.29) is 5.97 Å². The Balaban J connectivity index is 2.40. The molecule has 0 aliphatic carbocycles. The molecular weight excluding hydrogens is 134 g/mol. The van der Waals surface area contributed by atoms with Gasteiger partial charge in [0.2, 0.25) is 0 Å². The molecule has 0 saturated carbocycles. The normalized spacial score (nSPS) is 15.9. The van der Waals surface area contributed by atoms with Gasteiger partial charge in [-0.2, -0.15) is 0 Å². The van der Waals surface area contributed by atoms with Gasteiger partial charge in [0.25, 0.3) is 0 Å². The largest absolute Gasteiger partial charge is 0.461 e. The van der Waals surface area contributed by atoms with E-state index in [2.05, 4.69) is 15.1 Å². The van der Waals surface area contributed by atoms with Crippen LogP contribution >= 0.6 is 0 Å². The smallest absolute Gasteiger partial charge is 0.356 e. The summed E-state index contributed by atoms with van der Waals surface area (Å²) in [6.07, 6.45) is 1.64. The number of rotatable bonds is 2. The summed E-state index contributed by atoms with van der Waals surface area (Å²) in [5, 5.41) is 0. The lowest BCUT2D eigenvalue weighted by Gasteiger charge is -2.00. The van der Waals surface area contributed by atoms with Crippen molar-refractivity contribution in [2.24, 2.45) is 0 Å². The molecule has 0 amide bonds. The second kappa shape index (κ2) is 3.22. The van der Waals surface area contributed by atoms with Crippen LogP contribution in [0.15, 0.2) is 11.8 Å². The van der Waals surface area contributed by atoms with E-state index >= 15 is 0 Å². The number of carbonyl (C=O) groups excluding carboxylic acids is 1. The average molecular weight is 143 g/mol. The van der Waals surface area contributed by atoms with Crippen molar-refractivity contribution >= 4 is 5.97 Å². The number of esters is 1. The zero-order valence-corrected chi connectivity index (χ0v) is 5.72. The lowest BCUT2D eigenvalue weighted by molar-refractivity contribution is -0.139. The van der Waals surface area contributed by atoms with Gasteiger partial charge < -0.3 is 4.74 Å². The monoisotopic (exact) mass is 143 g/mol. The Morgan fingerprint density at radius 3 is 3.30 bits per heavy atom. The summed E-state index contributed by atoms with van der Waals surface area (Å²) in [6, 6.07) is 0. The molecule has 0 fully saturated rings. The van der Waals surface area contributed by atoms with Gasteiger partial charge in [-0.15, -0.1) is 0 Å². The van der Waals surface area contributed by atoms with Crippen LogP contribution in [0.5, 0.6) is 0 Å². The van der Waals surface area contributed by atoms with Crippen LogP contribution in [0.4, 0.5) is 0 Å². The molecular formula is C6H9NO3. The summed E-state index contributed by atoms with van der Waals surface area (Å²) >= 11 is 0. The van der Waals surface area contributed by atoms with Gasteiger partial charge in [0.15, 0.2) is 0 Å². The molecule has 1 N–H and O–H groups in total. The first-order valence-electron chi connectivity index (χ1n) is 3.09. The van der Waals surface area contributed by atoms with Gasteiger partial charge in [0.1, 0.15) is 5.70 Å². The second-order valence-corrected chi connectivity index (χ2v) is 1.75. The molecule has 0 atom stereocenters. The number of nitrogens with one attached hydrogen (secondary N) is 1. The maximum Gasteiger partial charge on any atom is 0.356 e. The van der Waals surface area contributed by atoms with E-state index < -0.39 is 0 Å². The van der Waals surface area contributed by atoms with Crippen LogP contribution in [-0.2, 0) is 14.4 Å². The molecule has 0 bridgehead atoms. The first-order chi connectivity index (χ1) is 4.84. The summed E-state index contributed by atoms with van der Waals surface area (Å²) < 4.78 is 4.68. The van der Waals surface area contributed by atoms with Gasteiger partial charge in [0.05, 0.1) is 13.2 Å². The van der Waals surface area contributed by atoms with Crippen LogP contribution in [0, 0.1) is 0 Å². The molecule has 0 aromatic heterocycles. The Bertz CT molecular complexity index is 164. The highest BCUT2D eigenvalue weighted by Crippen LogP contribution is 1.99. The van der Waals surface area contributed by atoms with Crippen molar-refractivity contribution in [3.8, 4) is 0 Å². The van der Waals surface area contributed by atoms with Crippen molar-refractivity contribution in [2.45, 2.75) is 6.92 Å². The molecule has 4 heteroatoms. The lowest BCUT2D eigenvalue weighted by atomic mass is 10.4. The SMILES string of the molecule is CCOC(=O)C1=CCON1. The Labute approximate surface area is 58.8 Å². The Hall–Kier alpha value is -1.03. The molecule has 0 radical (unpaired) electrons. The van der Waals surface area contributed by atoms with Gasteiger partial charge in [-0.1, -0.05) is 0 Å². The van der Waals surface area contributed by atoms with E-state index in [1.54, 1.807) is 13.0 Å². The average Bonchev–Trinajstić information content (AvgIpc) is 2.38. The highest BCUT2D eigenvalue weighted by Gasteiger charge is 2.13. The molecule has 4 nitrogen and oxygen atoms in total. The zero-order chi connectivity index (χ0) is 7.40. The van der Waals surface area contributed by atoms with Crippen LogP contribution in [-0.4, -0.2) is 19.2 Å². The quantitative estimate of drug-likeness (QED) is 0.551. The summed E-state index contributed by atoms with van der Waals surface area (Å²) in [4.78, 5) is 15.5. The molecule has 0 aromatic carbocycles. The topological polar surface area (TPSA) is 47.6 Å². The maximum atomic E-state index is 10.8. The summed E-state index contributed by atoms with van der Waals surface area (Å²) in [5.41, 5.74) is 2.82. The minimum atomic E-state index is -0.361. The van der Waals surface area contributed by atoms with Crippen molar-refractivity contribution in [1.29, 1.82) is 0 Å². The fourth-order valence-corrected chi connectivity index (χ4v) is 0.620. The van der Waals surface area contributed by atoms with Crippen LogP contribution in [0.2, 0.25) is 0 Å². The summed E-state index contributed by atoms with van der Waals surface area (Å²) in [5.74, 6) is -0.361. The molecule has 1 aliphatic heterocycles. The first-order valence-corrected chi connectivity index (χ1v) is 3.09. The van der Waals surface area contributed by atoms with Crippen molar-refractivity contribution in [1.82, 2.24) is 5.48 Å². The Morgan fingerprint density at radius 2 is 2.80 bits per heavy atom. The molecule has 56 valence electrons. The molecule has 1 aliphatic rings. The van der Waals surface area contributed by atoms with E-state index in [0.717, 1.165) is 0 Å². The third kappa shape index (κ3) is 1.48. The molecule has 0 unspecified atom stereocenters. The fourth-order valence-electron chi connectivity index (χ4n) is 0.620. The van der Waals surface area contributed by atoms with Crippen molar-refractivity contribution < 1.29 is 14.4 Å². The predicted octanol–water partition coefficient (Wildman–Crippen LogP) is -0.0318. The number of carbonyl (C=O) groups is 1. The number of hydrogen-bond donors (Lipinski definition) is 1. The molecule has 0 aromatic rings. The summed E-state index contributed by atoms with van der Waals surface area (Å²) in [7, 11) is 0. The third-order valence-corrected chi connectivity index (χ3v) is 1.05. The lowest BCUT2D eigenvalue weighted by Crippen LogP contribution is -2.17. The number of hydroxylamine groups is 1. The van der Waals surface area contributed by atoms with Gasteiger partial charge in [-0.25, -0.2) is 4.79 Å². The van der Waals surface area contributed by atoms with Gasteiger partial charge in [-0.05, 0) is 13.0 Å². The summed E-state index contributed by atoms with van der Waals surface area (Å²) in [6.45, 7) is 2.57. The van der Waals surface area contributed by atoms with E-state index in [1.807, 2.05) is 0 Å². The fraction of sp³-hybridized carbons (Fsp3) is 0.500. The van der Waals surface area contributed by atoms with E-state index in [1.165, 1.54) is 0 Å². The number of ether oxygens (including phenoxy) is 1. The molecule has 10 heavy (non-hydrogen) atoms. The van der Waals surface area contributed by atoms with E-state index in [9.17, 15) is 4.79 Å². The van der Waals surface area contributed by atoms with Crippen LogP contribution in [0.25, 0.3) is 0 Å². The van der Waals surface area contributed by atoms with Crippen molar-refractivity contribution in [3.63, 3.8) is 0 Å². The van der Waals surface area contributed by atoms with E-state index in [4.69, 9.17) is 0 Å². The van der Waals surface area contributed by atoms with Gasteiger partial charge >= 0.3 is 5.97 Å². The highest BCUT2D eigenvalue weighted by atomic mass is 16.7. The van der Waals surface area contributed by atoms with Gasteiger partial charge in [0, 0.05) is 0 Å². The van der Waals surface area contributed by atoms with Crippen LogP contribution in [0.3, 0.4) is 0 Å². The minimum Gasteiger partial charge on any atom is -0.461 e. The van der Waals surface area contributed by atoms with E-state index in [0.29, 0.717) is 18.9 Å². The molecule has 0 saturated heterocycles. The third-order valence-electron chi connectivity index (χ3n) is 1.05. The molecule has 1 heterocycles. The predicted molar refractivity (Wildman–Crippen MR) is 33.8 cm³/mol. The molecule has 0 spiro atoms. The first kappa shape index (κ1) is 7.08. The van der Waals surface area contributed by atoms with Gasteiger partial charge in [-0.3, -0.25) is 10.3 Å². The number of hydrogen-bond acceptors (Lipinski definition) is 4. The van der Waals surface area contributed by atoms with Crippen LogP contribution in [0.1, 0.15) is 6.92 Å². The van der Waals surface area contributed by atoms with Crippen molar-refractivity contribution in [3.05, 3.63) is 11.8 Å². The highest BCUT2D eigenvalue weighted by molar-refractivity contribution is 5.87. The molecule has 1 rings (SSSR count). The maximum absolute atomic E-state index is 10.8. The van der Waals surface area contributed by atoms with Crippen molar-refractivity contribution in [2.75, 3.05) is 13.2 Å². The standard InChI is InChI=1S/C6H9NO3/c1-2-9-6(8)5-3-4-10-7-5/h3,7H,2,4H2,1H3. The van der Waals surface area contributed by atoms with Crippen LogP contribution < -0.4 is 5.48 Å². The zero-order valence-electron chi connectivity index (χ0n) is 5.72. The Kier molecular flexibility index (Phi) is 2.28.